The molecule has 18 heavy (non-hydrogen) atoms. The van der Waals surface area contributed by atoms with Gasteiger partial charge in [-0.2, -0.15) is 0 Å². The highest BCUT2D eigenvalue weighted by atomic mass is 16.4. The van der Waals surface area contributed by atoms with Crippen LogP contribution in [0, 0.1) is 19.3 Å². The number of carboxylic acid groups (broad SMARTS) is 1. The predicted molar refractivity (Wildman–Crippen MR) is 69.4 cm³/mol. The summed E-state index contributed by atoms with van der Waals surface area (Å²) in [6.45, 7) is 5.80. The van der Waals surface area contributed by atoms with Gasteiger partial charge in [0.25, 0.3) is 0 Å². The molecule has 0 aliphatic carbocycles. The van der Waals surface area contributed by atoms with E-state index in [4.69, 9.17) is 11.5 Å². The zero-order chi connectivity index (χ0) is 13.7. The largest absolute Gasteiger partial charge is 0.480 e. The van der Waals surface area contributed by atoms with Gasteiger partial charge in [0, 0.05) is 24.1 Å². The fourth-order valence-corrected chi connectivity index (χ4v) is 1.42. The molecule has 1 rings (SSSR count). The first-order chi connectivity index (χ1) is 8.43. The minimum Gasteiger partial charge on any atom is -0.480 e. The number of rotatable bonds is 5. The highest BCUT2D eigenvalue weighted by Crippen LogP contribution is 2.14. The Kier molecular flexibility index (Phi) is 4.67. The van der Waals surface area contributed by atoms with Gasteiger partial charge in [-0.3, -0.25) is 0 Å². The first-order valence-corrected chi connectivity index (χ1v) is 5.72. The maximum absolute atomic E-state index is 11.0. The number of nitrogens with zero attached hydrogens (tertiary/aromatic N) is 2. The summed E-state index contributed by atoms with van der Waals surface area (Å²) in [4.78, 5) is 19.6. The number of aliphatic carboxylic acids is 1. The zero-order valence-corrected chi connectivity index (χ0v) is 10.8. The Morgan fingerprint density at radius 3 is 2.72 bits per heavy atom. The number of carbonyl (C=O) groups is 1. The van der Waals surface area contributed by atoms with Gasteiger partial charge in [0.1, 0.15) is 17.7 Å². The van der Waals surface area contributed by atoms with Gasteiger partial charge < -0.3 is 10.4 Å². The molecule has 0 saturated carbocycles. The monoisotopic (exact) mass is 247 g/mol. The third kappa shape index (κ3) is 3.74. The van der Waals surface area contributed by atoms with Gasteiger partial charge in [-0.25, -0.2) is 14.8 Å². The minimum atomic E-state index is -0.990. The summed E-state index contributed by atoms with van der Waals surface area (Å²) in [7, 11) is 0. The number of hydrogen-bond acceptors (Lipinski definition) is 4. The number of carboxylic acids is 1. The summed E-state index contributed by atoms with van der Waals surface area (Å²) >= 11 is 0. The van der Waals surface area contributed by atoms with E-state index in [0.717, 1.165) is 5.69 Å². The third-order valence-electron chi connectivity index (χ3n) is 2.33. The SMILES string of the molecule is C#CCC(Nc1cc(C)nc(C(C)C)n1)C(=O)O. The second-order valence-corrected chi connectivity index (χ2v) is 4.35. The molecule has 1 aromatic rings. The van der Waals surface area contributed by atoms with Gasteiger partial charge >= 0.3 is 5.97 Å². The lowest BCUT2D eigenvalue weighted by molar-refractivity contribution is -0.137. The molecule has 0 spiro atoms. The van der Waals surface area contributed by atoms with E-state index in [1.807, 2.05) is 20.8 Å². The molecule has 0 aromatic carbocycles. The Morgan fingerprint density at radius 1 is 1.56 bits per heavy atom. The molecule has 5 nitrogen and oxygen atoms in total. The number of hydrogen-bond donors (Lipinski definition) is 2. The van der Waals surface area contributed by atoms with Crippen molar-refractivity contribution in [3.63, 3.8) is 0 Å². The van der Waals surface area contributed by atoms with Gasteiger partial charge in [0.15, 0.2) is 0 Å². The summed E-state index contributed by atoms with van der Waals surface area (Å²) in [5.74, 6) is 2.70. The van der Waals surface area contributed by atoms with E-state index in [-0.39, 0.29) is 12.3 Å². The molecule has 96 valence electrons. The molecule has 0 radical (unpaired) electrons. The van der Waals surface area contributed by atoms with Crippen molar-refractivity contribution in [2.75, 3.05) is 5.32 Å². The summed E-state index contributed by atoms with van der Waals surface area (Å²) in [6, 6.07) is 0.877. The average Bonchev–Trinajstić information content (AvgIpc) is 2.27. The normalized spacial score (nSPS) is 11.9. The van der Waals surface area contributed by atoms with E-state index < -0.39 is 12.0 Å². The molecule has 0 bridgehead atoms. The van der Waals surface area contributed by atoms with E-state index in [0.29, 0.717) is 11.6 Å². The van der Waals surface area contributed by atoms with Gasteiger partial charge in [0.2, 0.25) is 0 Å². The number of aromatic nitrogens is 2. The molecule has 0 amide bonds. The van der Waals surface area contributed by atoms with Crippen molar-refractivity contribution in [2.45, 2.75) is 39.2 Å². The first-order valence-electron chi connectivity index (χ1n) is 5.72. The molecule has 5 heteroatoms. The van der Waals surface area contributed by atoms with Gasteiger partial charge in [-0.15, -0.1) is 12.3 Å². The van der Waals surface area contributed by atoms with Gasteiger partial charge in [-0.1, -0.05) is 13.8 Å². The van der Waals surface area contributed by atoms with Gasteiger partial charge in [0.05, 0.1) is 0 Å². The Balaban J connectivity index is 2.96. The Bertz CT molecular complexity index is 478. The molecule has 0 saturated heterocycles. The standard InChI is InChI=1S/C13H17N3O2/c1-5-6-10(13(17)18)15-11-7-9(4)14-12(16-11)8(2)3/h1,7-8,10H,6H2,2-4H3,(H,17,18)(H,14,15,16). The molecule has 0 fully saturated rings. The van der Waals surface area contributed by atoms with Crippen molar-refractivity contribution in [2.24, 2.45) is 0 Å². The van der Waals surface area contributed by atoms with Crippen LogP contribution in [0.2, 0.25) is 0 Å². The van der Waals surface area contributed by atoms with E-state index >= 15 is 0 Å². The minimum absolute atomic E-state index is 0.107. The molecule has 0 aliphatic rings. The van der Waals surface area contributed by atoms with Crippen molar-refractivity contribution >= 4 is 11.8 Å². The third-order valence-corrected chi connectivity index (χ3v) is 2.33. The Hall–Kier alpha value is -2.09. The topological polar surface area (TPSA) is 75.1 Å². The second kappa shape index (κ2) is 6.01. The maximum Gasteiger partial charge on any atom is 0.327 e. The number of anilines is 1. The van der Waals surface area contributed by atoms with Crippen molar-refractivity contribution in [3.05, 3.63) is 17.6 Å². The highest BCUT2D eigenvalue weighted by molar-refractivity contribution is 5.77. The maximum atomic E-state index is 11.0. The molecule has 1 unspecified atom stereocenters. The van der Waals surface area contributed by atoms with Crippen molar-refractivity contribution < 1.29 is 9.90 Å². The molecule has 2 N–H and O–H groups in total. The van der Waals surface area contributed by atoms with E-state index in [9.17, 15) is 4.79 Å². The van der Waals surface area contributed by atoms with Crippen molar-refractivity contribution in [3.8, 4) is 12.3 Å². The lowest BCUT2D eigenvalue weighted by atomic mass is 10.2. The van der Waals surface area contributed by atoms with Crippen LogP contribution in [0.4, 0.5) is 5.82 Å². The molecular weight excluding hydrogens is 230 g/mol. The van der Waals surface area contributed by atoms with E-state index in [1.54, 1.807) is 6.07 Å². The molecule has 1 aromatic heterocycles. The van der Waals surface area contributed by atoms with E-state index in [1.165, 1.54) is 0 Å². The van der Waals surface area contributed by atoms with Crippen LogP contribution in [0.1, 0.15) is 37.7 Å². The number of terminal acetylenes is 1. The molecular formula is C13H17N3O2. The van der Waals surface area contributed by atoms with Crippen molar-refractivity contribution in [1.29, 1.82) is 0 Å². The van der Waals surface area contributed by atoms with Crippen LogP contribution in [0.25, 0.3) is 0 Å². The molecule has 1 atom stereocenters. The summed E-state index contributed by atoms with van der Waals surface area (Å²) < 4.78 is 0. The first kappa shape index (κ1) is 14.0. The van der Waals surface area contributed by atoms with Crippen LogP contribution < -0.4 is 5.32 Å². The van der Waals surface area contributed by atoms with Crippen LogP contribution in [-0.2, 0) is 4.79 Å². The second-order valence-electron chi connectivity index (χ2n) is 4.35. The van der Waals surface area contributed by atoms with Crippen molar-refractivity contribution in [1.82, 2.24) is 9.97 Å². The smallest absolute Gasteiger partial charge is 0.327 e. The lowest BCUT2D eigenvalue weighted by Gasteiger charge is -2.14. The molecule has 1 heterocycles. The van der Waals surface area contributed by atoms with Crippen LogP contribution in [-0.4, -0.2) is 27.1 Å². The van der Waals surface area contributed by atoms with Crippen LogP contribution >= 0.6 is 0 Å². The fourth-order valence-electron chi connectivity index (χ4n) is 1.42. The fraction of sp³-hybridized carbons (Fsp3) is 0.462. The number of nitrogens with one attached hydrogen (secondary N) is 1. The Labute approximate surface area is 107 Å². The highest BCUT2D eigenvalue weighted by Gasteiger charge is 2.17. The van der Waals surface area contributed by atoms with Crippen LogP contribution in [0.3, 0.4) is 0 Å². The van der Waals surface area contributed by atoms with Crippen LogP contribution in [0.15, 0.2) is 6.07 Å². The summed E-state index contributed by atoms with van der Waals surface area (Å²) in [5.41, 5.74) is 0.793. The number of aryl methyl sites for hydroxylation is 1. The predicted octanol–water partition coefficient (Wildman–Crippen LogP) is 1.80. The lowest BCUT2D eigenvalue weighted by Crippen LogP contribution is -2.29. The van der Waals surface area contributed by atoms with Gasteiger partial charge in [-0.05, 0) is 6.92 Å². The quantitative estimate of drug-likeness (QED) is 0.776. The average molecular weight is 247 g/mol. The Morgan fingerprint density at radius 2 is 2.22 bits per heavy atom. The van der Waals surface area contributed by atoms with E-state index in [2.05, 4.69) is 21.2 Å². The van der Waals surface area contributed by atoms with Crippen LogP contribution in [0.5, 0.6) is 0 Å². The zero-order valence-electron chi connectivity index (χ0n) is 10.8. The molecule has 0 aliphatic heterocycles. The summed E-state index contributed by atoms with van der Waals surface area (Å²) in [6.07, 6.45) is 5.25. The summed E-state index contributed by atoms with van der Waals surface area (Å²) in [5, 5.41) is 11.8.